The van der Waals surface area contributed by atoms with Gasteiger partial charge >= 0.3 is 6.18 Å². The average Bonchev–Trinajstić information content (AvgIpc) is 2.83. The van der Waals surface area contributed by atoms with Gasteiger partial charge < -0.3 is 0 Å². The van der Waals surface area contributed by atoms with Crippen molar-refractivity contribution < 1.29 is 22.2 Å². The van der Waals surface area contributed by atoms with Gasteiger partial charge in [-0.25, -0.2) is 14.7 Å². The zero-order valence-corrected chi connectivity index (χ0v) is 21.6. The van der Waals surface area contributed by atoms with E-state index in [1.807, 2.05) is 0 Å². The Labute approximate surface area is 217 Å². The van der Waals surface area contributed by atoms with Crippen molar-refractivity contribution in [3.63, 3.8) is 0 Å². The second-order valence-corrected chi connectivity index (χ2v) is 11.1. The van der Waals surface area contributed by atoms with Crippen molar-refractivity contribution in [2.24, 2.45) is 4.99 Å². The highest BCUT2D eigenvalue weighted by Gasteiger charge is 2.32. The highest BCUT2D eigenvalue weighted by atomic mass is 35.5. The lowest BCUT2D eigenvalue weighted by atomic mass is 10.2. The number of nitrogens with zero attached hydrogens (tertiary/aromatic N) is 2. The smallest absolute Gasteiger partial charge is 0.281 e. The van der Waals surface area contributed by atoms with Crippen LogP contribution >= 0.6 is 23.2 Å². The van der Waals surface area contributed by atoms with E-state index in [-0.39, 0.29) is 19.1 Å². The summed E-state index contributed by atoms with van der Waals surface area (Å²) >= 11 is 11.8. The maximum absolute atomic E-state index is 13.5. The molecule has 12 heteroatoms. The number of hydrogen-bond acceptors (Lipinski definition) is 4. The third-order valence-electron chi connectivity index (χ3n) is 4.99. The van der Waals surface area contributed by atoms with Gasteiger partial charge in [0.1, 0.15) is 5.69 Å². The van der Waals surface area contributed by atoms with Gasteiger partial charge in [0, 0.05) is 32.9 Å². The fraction of sp³-hybridized carbons (Fsp3) is 0.208. The van der Waals surface area contributed by atoms with Gasteiger partial charge in [0.05, 0.1) is 22.9 Å². The number of aromatic nitrogens is 1. The van der Waals surface area contributed by atoms with Crippen LogP contribution in [0.3, 0.4) is 0 Å². The Morgan fingerprint density at radius 2 is 1.58 bits per heavy atom. The van der Waals surface area contributed by atoms with Crippen molar-refractivity contribution in [1.82, 2.24) is 15.2 Å². The van der Waals surface area contributed by atoms with Crippen molar-refractivity contribution >= 4 is 43.7 Å². The molecule has 0 radical (unpaired) electrons. The van der Waals surface area contributed by atoms with Crippen molar-refractivity contribution in [1.29, 1.82) is 0 Å². The van der Waals surface area contributed by atoms with Crippen molar-refractivity contribution in [2.45, 2.75) is 26.3 Å². The van der Waals surface area contributed by atoms with Crippen LogP contribution in [0.15, 0.2) is 71.9 Å². The van der Waals surface area contributed by atoms with Gasteiger partial charge in [-0.05, 0) is 48.4 Å². The van der Waals surface area contributed by atoms with Gasteiger partial charge in [0.2, 0.25) is 5.96 Å². The fourth-order valence-electron chi connectivity index (χ4n) is 2.87. The van der Waals surface area contributed by atoms with E-state index in [0.717, 1.165) is 23.4 Å². The zero-order valence-electron chi connectivity index (χ0n) is 19.3. The molecule has 0 aliphatic rings. The van der Waals surface area contributed by atoms with Crippen LogP contribution in [0.25, 0.3) is 0 Å². The molecule has 0 saturated heterocycles. The number of hydrogen-bond donors (Lipinski definition) is 2. The Hall–Kier alpha value is -2.79. The molecule has 2 aromatic carbocycles. The Bertz CT molecular complexity index is 1320. The first-order valence-corrected chi connectivity index (χ1v) is 13.2. The molecule has 36 heavy (non-hydrogen) atoms. The molecule has 0 aliphatic carbocycles. The molecule has 192 valence electrons. The van der Waals surface area contributed by atoms with Crippen molar-refractivity contribution in [2.75, 3.05) is 6.26 Å². The van der Waals surface area contributed by atoms with E-state index in [9.17, 15) is 17.4 Å². The molecule has 2 N–H and O–H groups in total. The third-order valence-corrected chi connectivity index (χ3v) is 7.48. The van der Waals surface area contributed by atoms with Gasteiger partial charge in [-0.2, -0.15) is 13.2 Å². The Morgan fingerprint density at radius 1 is 1.00 bits per heavy atom. The Kier molecular flexibility index (Phi) is 9.24. The number of halogens is 5. The third kappa shape index (κ3) is 8.12. The standard InChI is InChI=1S/C24H23Cl2F3N4O2S/c1-16(19-7-12-22(30-14-19)24(27,28)29)36(2,34)33-23(31-13-17-3-8-20(25)9-4-17)32-35-15-18-5-10-21(26)11-6-18/h3-12,14H,13,15H2,1-2H3,(H2,31,32,33,34). The van der Waals surface area contributed by atoms with Gasteiger partial charge in [-0.3, -0.25) is 14.5 Å². The summed E-state index contributed by atoms with van der Waals surface area (Å²) in [7, 11) is -2.99. The first-order valence-electron chi connectivity index (χ1n) is 10.5. The van der Waals surface area contributed by atoms with Gasteiger partial charge in [0.15, 0.2) is 0 Å². The average molecular weight is 559 g/mol. The van der Waals surface area contributed by atoms with Crippen LogP contribution in [0, 0.1) is 0 Å². The van der Waals surface area contributed by atoms with Crippen LogP contribution in [0.1, 0.15) is 29.3 Å². The molecule has 0 aliphatic heterocycles. The summed E-state index contributed by atoms with van der Waals surface area (Å²) in [5, 5.41) is 1.17. The first kappa shape index (κ1) is 27.8. The SMILES string of the molecule is CC(c1ccc(C(F)(F)F)nc1)=S(C)(=O)NC(=NCc1ccc(Cl)cc1)NOCc1ccc(Cl)cc1. The monoisotopic (exact) mass is 558 g/mol. The van der Waals surface area contributed by atoms with E-state index in [2.05, 4.69) is 20.2 Å². The highest BCUT2D eigenvalue weighted by molar-refractivity contribution is 8.00. The molecule has 3 rings (SSSR count). The molecule has 0 saturated carbocycles. The molecule has 0 spiro atoms. The minimum atomic E-state index is -4.56. The second kappa shape index (κ2) is 12.0. The maximum atomic E-state index is 13.5. The lowest BCUT2D eigenvalue weighted by Gasteiger charge is -2.17. The lowest BCUT2D eigenvalue weighted by molar-refractivity contribution is -0.141. The van der Waals surface area contributed by atoms with E-state index < -0.39 is 21.6 Å². The number of rotatable bonds is 7. The predicted octanol–water partition coefficient (Wildman–Crippen LogP) is 5.64. The maximum Gasteiger partial charge on any atom is 0.433 e. The van der Waals surface area contributed by atoms with E-state index in [1.165, 1.54) is 12.3 Å². The lowest BCUT2D eigenvalue weighted by Crippen LogP contribution is -2.42. The summed E-state index contributed by atoms with van der Waals surface area (Å²) in [5.41, 5.74) is 3.62. The molecule has 1 atom stereocenters. The van der Waals surface area contributed by atoms with Gasteiger partial charge in [-0.1, -0.05) is 53.5 Å². The normalized spacial score (nSPS) is 13.7. The number of benzene rings is 2. The summed E-state index contributed by atoms with van der Waals surface area (Å²) in [6.07, 6.45) is -2.11. The number of alkyl halides is 3. The number of pyridine rings is 1. The molecular formula is C24H23Cl2F3N4O2S. The predicted molar refractivity (Wildman–Crippen MR) is 138 cm³/mol. The fourth-order valence-corrected chi connectivity index (χ4v) is 4.32. The summed E-state index contributed by atoms with van der Waals surface area (Å²) < 4.78 is 54.9. The zero-order chi connectivity index (χ0) is 26.3. The van der Waals surface area contributed by atoms with E-state index >= 15 is 0 Å². The van der Waals surface area contributed by atoms with Crippen molar-refractivity contribution in [3.8, 4) is 0 Å². The molecule has 3 aromatic rings. The van der Waals surface area contributed by atoms with Crippen LogP contribution in [0.4, 0.5) is 13.2 Å². The second-order valence-electron chi connectivity index (χ2n) is 7.74. The quantitative estimate of drug-likeness (QED) is 0.129. The van der Waals surface area contributed by atoms with Crippen LogP contribution in [0.5, 0.6) is 0 Å². The Balaban J connectivity index is 1.81. The molecule has 0 amide bonds. The van der Waals surface area contributed by atoms with Crippen LogP contribution in [-0.2, 0) is 33.9 Å². The molecule has 1 unspecified atom stereocenters. The minimum Gasteiger partial charge on any atom is -0.281 e. The molecule has 0 fully saturated rings. The summed E-state index contributed by atoms with van der Waals surface area (Å²) in [6.45, 7) is 1.92. The van der Waals surface area contributed by atoms with Crippen LogP contribution < -0.4 is 10.2 Å². The topological polar surface area (TPSA) is 75.6 Å². The highest BCUT2D eigenvalue weighted by Crippen LogP contribution is 2.27. The molecular weight excluding hydrogens is 536 g/mol. The Morgan fingerprint density at radius 3 is 2.11 bits per heavy atom. The number of nitrogens with one attached hydrogen (secondary N) is 2. The van der Waals surface area contributed by atoms with Crippen molar-refractivity contribution in [3.05, 3.63) is 99.3 Å². The summed E-state index contributed by atoms with van der Waals surface area (Å²) in [4.78, 5) is 13.7. The van der Waals surface area contributed by atoms with Gasteiger partial charge in [-0.15, -0.1) is 0 Å². The summed E-state index contributed by atoms with van der Waals surface area (Å²) in [6, 6.07) is 16.2. The number of hydroxylamine groups is 1. The van der Waals surface area contributed by atoms with E-state index in [4.69, 9.17) is 28.0 Å². The van der Waals surface area contributed by atoms with E-state index in [0.29, 0.717) is 20.5 Å². The summed E-state index contributed by atoms with van der Waals surface area (Å²) in [5.74, 6) is 0.0747. The van der Waals surface area contributed by atoms with Gasteiger partial charge in [0.25, 0.3) is 0 Å². The molecule has 1 aromatic heterocycles. The molecule has 1 heterocycles. The number of guanidine groups is 1. The first-order chi connectivity index (χ1) is 16.9. The van der Waals surface area contributed by atoms with Crippen LogP contribution in [-0.4, -0.2) is 26.3 Å². The van der Waals surface area contributed by atoms with E-state index in [1.54, 1.807) is 55.5 Å². The largest absolute Gasteiger partial charge is 0.433 e. The molecule has 6 nitrogen and oxygen atoms in total. The minimum absolute atomic E-state index is 0.0747. The molecule has 0 bridgehead atoms. The number of aliphatic imine (C=N–C) groups is 1. The van der Waals surface area contributed by atoms with Crippen LogP contribution in [0.2, 0.25) is 10.0 Å².